The Morgan fingerprint density at radius 2 is 2.00 bits per heavy atom. The molecule has 0 saturated heterocycles. The molecule has 0 aliphatic rings. The first-order valence-corrected chi connectivity index (χ1v) is 8.41. The molecular weight excluding hydrogens is 293 g/mol. The Bertz CT molecular complexity index is 561. The minimum atomic E-state index is -3.83. The lowest BCUT2D eigenvalue weighted by Crippen LogP contribution is -2.38. The van der Waals surface area contributed by atoms with E-state index in [1.165, 1.54) is 12.1 Å². The number of rotatable bonds is 8. The zero-order chi connectivity index (χ0) is 16.0. The molecule has 0 bridgehead atoms. The van der Waals surface area contributed by atoms with Crippen molar-refractivity contribution in [3.8, 4) is 0 Å². The van der Waals surface area contributed by atoms with Gasteiger partial charge in [0.2, 0.25) is 10.0 Å². The van der Waals surface area contributed by atoms with Crippen LogP contribution in [0.3, 0.4) is 0 Å². The van der Waals surface area contributed by atoms with Gasteiger partial charge in [0.1, 0.15) is 10.7 Å². The second-order valence-electron chi connectivity index (χ2n) is 5.21. The topological polar surface area (TPSA) is 61.4 Å². The highest BCUT2D eigenvalue weighted by atomic mass is 32.2. The van der Waals surface area contributed by atoms with Crippen LogP contribution in [0.4, 0.5) is 4.39 Å². The van der Waals surface area contributed by atoms with E-state index in [1.54, 1.807) is 6.07 Å². The number of halogens is 1. The minimum Gasteiger partial charge on any atom is -0.313 e. The number of nitrogens with one attached hydrogen (secondary N) is 2. The van der Waals surface area contributed by atoms with Gasteiger partial charge < -0.3 is 10.2 Å². The summed E-state index contributed by atoms with van der Waals surface area (Å²) in [5, 5.41) is 3.07. The Balaban J connectivity index is 2.83. The molecule has 21 heavy (non-hydrogen) atoms. The molecule has 0 saturated carbocycles. The molecule has 7 heteroatoms. The highest BCUT2D eigenvalue weighted by Crippen LogP contribution is 2.16. The molecule has 0 fully saturated rings. The van der Waals surface area contributed by atoms with E-state index in [0.29, 0.717) is 6.54 Å². The lowest BCUT2D eigenvalue weighted by Gasteiger charge is -2.20. The van der Waals surface area contributed by atoms with Gasteiger partial charge in [-0.25, -0.2) is 17.5 Å². The van der Waals surface area contributed by atoms with Gasteiger partial charge in [0.25, 0.3) is 0 Å². The molecule has 0 radical (unpaired) electrons. The third-order valence-electron chi connectivity index (χ3n) is 3.32. The summed E-state index contributed by atoms with van der Waals surface area (Å²) in [6, 6.07) is 4.21. The molecule has 0 aliphatic heterocycles. The normalized spacial score (nSPS) is 13.6. The van der Waals surface area contributed by atoms with Crippen molar-refractivity contribution in [2.75, 3.05) is 27.2 Å². The number of sulfonamides is 1. The Morgan fingerprint density at radius 1 is 1.33 bits per heavy atom. The maximum atomic E-state index is 14.0. The first-order chi connectivity index (χ1) is 9.77. The summed E-state index contributed by atoms with van der Waals surface area (Å²) in [7, 11) is -0.116. The molecule has 120 valence electrons. The van der Waals surface area contributed by atoms with Crippen molar-refractivity contribution in [1.82, 2.24) is 14.9 Å². The van der Waals surface area contributed by atoms with E-state index in [-0.39, 0.29) is 17.5 Å². The minimum absolute atomic E-state index is 0.0239. The largest absolute Gasteiger partial charge is 0.313 e. The third kappa shape index (κ3) is 5.35. The standard InChI is InChI=1S/C14H24FN3O2S/c1-5-16-10-12-6-7-14(13(15)8-12)21(19,20)17-9-11(2)18(3)4/h6-8,11,16-17H,5,9-10H2,1-4H3. The van der Waals surface area contributed by atoms with E-state index in [4.69, 9.17) is 0 Å². The van der Waals surface area contributed by atoms with Crippen LogP contribution in [0.2, 0.25) is 0 Å². The summed E-state index contributed by atoms with van der Waals surface area (Å²) >= 11 is 0. The summed E-state index contributed by atoms with van der Waals surface area (Å²) in [5.74, 6) is -0.726. The second kappa shape index (κ2) is 7.84. The fourth-order valence-electron chi connectivity index (χ4n) is 1.63. The monoisotopic (exact) mass is 317 g/mol. The van der Waals surface area contributed by atoms with Gasteiger partial charge in [0.15, 0.2) is 0 Å². The van der Waals surface area contributed by atoms with Gasteiger partial charge in [-0.05, 0) is 45.3 Å². The van der Waals surface area contributed by atoms with Crippen molar-refractivity contribution in [2.45, 2.75) is 31.3 Å². The Hall–Kier alpha value is -1.02. The molecule has 1 unspecified atom stereocenters. The molecule has 0 aromatic heterocycles. The van der Waals surface area contributed by atoms with Gasteiger partial charge in [-0.2, -0.15) is 0 Å². The van der Waals surface area contributed by atoms with Crippen LogP contribution in [-0.2, 0) is 16.6 Å². The van der Waals surface area contributed by atoms with Crippen LogP contribution < -0.4 is 10.0 Å². The maximum Gasteiger partial charge on any atom is 0.243 e. The summed E-state index contributed by atoms with van der Waals surface area (Å²) in [5.41, 5.74) is 0.718. The van der Waals surface area contributed by atoms with Crippen molar-refractivity contribution in [2.24, 2.45) is 0 Å². The molecule has 2 N–H and O–H groups in total. The Morgan fingerprint density at radius 3 is 2.52 bits per heavy atom. The highest BCUT2D eigenvalue weighted by Gasteiger charge is 2.20. The van der Waals surface area contributed by atoms with Gasteiger partial charge in [-0.3, -0.25) is 0 Å². The highest BCUT2D eigenvalue weighted by molar-refractivity contribution is 7.89. The van der Waals surface area contributed by atoms with Crippen LogP contribution in [0.1, 0.15) is 19.4 Å². The SMILES string of the molecule is CCNCc1ccc(S(=O)(=O)NCC(C)N(C)C)c(F)c1. The molecule has 0 amide bonds. The third-order valence-corrected chi connectivity index (χ3v) is 4.77. The van der Waals surface area contributed by atoms with Crippen LogP contribution in [0.5, 0.6) is 0 Å². The van der Waals surface area contributed by atoms with Crippen molar-refractivity contribution in [3.05, 3.63) is 29.6 Å². The lowest BCUT2D eigenvalue weighted by atomic mass is 10.2. The predicted octanol–water partition coefficient (Wildman–Crippen LogP) is 1.16. The zero-order valence-electron chi connectivity index (χ0n) is 13.0. The van der Waals surface area contributed by atoms with Crippen molar-refractivity contribution in [3.63, 3.8) is 0 Å². The molecule has 1 atom stereocenters. The van der Waals surface area contributed by atoms with E-state index >= 15 is 0 Å². The van der Waals surface area contributed by atoms with Crippen LogP contribution >= 0.6 is 0 Å². The molecular formula is C14H24FN3O2S. The van der Waals surface area contributed by atoms with Crippen molar-refractivity contribution >= 4 is 10.0 Å². The molecule has 0 aliphatic carbocycles. The van der Waals surface area contributed by atoms with Crippen LogP contribution in [-0.4, -0.2) is 46.5 Å². The summed E-state index contributed by atoms with van der Waals surface area (Å²) in [6.45, 7) is 5.35. The predicted molar refractivity (Wildman–Crippen MR) is 82.1 cm³/mol. The van der Waals surface area contributed by atoms with Crippen LogP contribution in [0, 0.1) is 5.82 Å². The number of hydrogen-bond donors (Lipinski definition) is 2. The zero-order valence-corrected chi connectivity index (χ0v) is 13.8. The molecule has 0 heterocycles. The van der Waals surface area contributed by atoms with E-state index in [9.17, 15) is 12.8 Å². The summed E-state index contributed by atoms with van der Waals surface area (Å²) in [6.07, 6.45) is 0. The average molecular weight is 317 g/mol. The molecule has 1 aromatic carbocycles. The van der Waals surface area contributed by atoms with Gasteiger partial charge in [0.05, 0.1) is 0 Å². The Labute approximate surface area is 126 Å². The first-order valence-electron chi connectivity index (χ1n) is 6.93. The molecule has 1 rings (SSSR count). The Kier molecular flexibility index (Phi) is 6.73. The van der Waals surface area contributed by atoms with E-state index in [0.717, 1.165) is 12.1 Å². The summed E-state index contributed by atoms with van der Waals surface area (Å²) < 4.78 is 40.7. The fraction of sp³-hybridized carbons (Fsp3) is 0.571. The van der Waals surface area contributed by atoms with Gasteiger partial charge in [-0.1, -0.05) is 13.0 Å². The quantitative estimate of drug-likeness (QED) is 0.755. The number of benzene rings is 1. The molecule has 0 spiro atoms. The van der Waals surface area contributed by atoms with Crippen molar-refractivity contribution in [1.29, 1.82) is 0 Å². The van der Waals surface area contributed by atoms with Crippen LogP contribution in [0.25, 0.3) is 0 Å². The smallest absolute Gasteiger partial charge is 0.243 e. The van der Waals surface area contributed by atoms with Crippen molar-refractivity contribution < 1.29 is 12.8 Å². The van der Waals surface area contributed by atoms with Crippen LogP contribution in [0.15, 0.2) is 23.1 Å². The van der Waals surface area contributed by atoms with E-state index in [1.807, 2.05) is 32.8 Å². The average Bonchev–Trinajstić information content (AvgIpc) is 2.42. The van der Waals surface area contributed by atoms with E-state index in [2.05, 4.69) is 10.0 Å². The second-order valence-corrected chi connectivity index (χ2v) is 6.95. The van der Waals surface area contributed by atoms with Gasteiger partial charge in [0, 0.05) is 19.1 Å². The lowest BCUT2D eigenvalue weighted by molar-refractivity contribution is 0.313. The molecule has 1 aromatic rings. The first kappa shape index (κ1) is 18.0. The number of nitrogens with zero attached hydrogens (tertiary/aromatic N) is 1. The van der Waals surface area contributed by atoms with Gasteiger partial charge >= 0.3 is 0 Å². The summed E-state index contributed by atoms with van der Waals surface area (Å²) in [4.78, 5) is 1.58. The number of hydrogen-bond acceptors (Lipinski definition) is 4. The van der Waals surface area contributed by atoms with Gasteiger partial charge in [-0.15, -0.1) is 0 Å². The molecule has 5 nitrogen and oxygen atoms in total. The van der Waals surface area contributed by atoms with E-state index < -0.39 is 15.8 Å². The maximum absolute atomic E-state index is 14.0. The fourth-order valence-corrected chi connectivity index (χ4v) is 2.81. The number of likely N-dealkylation sites (N-methyl/N-ethyl adjacent to an activating group) is 1.